The molecule has 1 saturated heterocycles. The maximum absolute atomic E-state index is 12.9. The van der Waals surface area contributed by atoms with Crippen LogP contribution in [0.1, 0.15) is 30.9 Å². The fraction of sp³-hybridized carbons (Fsp3) is 0.333. The number of nitrogens with zero attached hydrogens (tertiary/aromatic N) is 3. The van der Waals surface area contributed by atoms with E-state index in [1.807, 2.05) is 42.5 Å². The van der Waals surface area contributed by atoms with Gasteiger partial charge in [-0.1, -0.05) is 35.9 Å². The maximum Gasteiger partial charge on any atom is 0.262 e. The Morgan fingerprint density at radius 2 is 1.95 bits per heavy atom. The zero-order chi connectivity index (χ0) is 28.9. The molecule has 10 nitrogen and oxygen atoms in total. The number of carbonyl (C=O) groups is 1. The molecule has 41 heavy (non-hydrogen) atoms. The summed E-state index contributed by atoms with van der Waals surface area (Å²) in [4.78, 5) is 33.6. The fourth-order valence-electron chi connectivity index (χ4n) is 4.91. The molecule has 1 aliphatic rings. The topological polar surface area (TPSA) is 130 Å². The highest BCUT2D eigenvalue weighted by Crippen LogP contribution is 2.36. The molecule has 1 aliphatic heterocycles. The van der Waals surface area contributed by atoms with Gasteiger partial charge >= 0.3 is 0 Å². The van der Waals surface area contributed by atoms with Gasteiger partial charge in [0.2, 0.25) is 11.8 Å². The molecule has 0 radical (unpaired) electrons. The van der Waals surface area contributed by atoms with Crippen molar-refractivity contribution in [1.82, 2.24) is 30.3 Å². The number of methoxy groups -OCH3 is 1. The molecular weight excluding hydrogens is 544 g/mol. The van der Waals surface area contributed by atoms with Gasteiger partial charge in [-0.15, -0.1) is 0 Å². The summed E-state index contributed by atoms with van der Waals surface area (Å²) in [6, 6.07) is 13.4. The summed E-state index contributed by atoms with van der Waals surface area (Å²) in [5.74, 6) is 0.597. The molecular formula is C30H33ClN6O4. The van der Waals surface area contributed by atoms with Gasteiger partial charge < -0.3 is 25.8 Å². The Hall–Kier alpha value is -3.83. The number of benzene rings is 1. The Morgan fingerprint density at radius 1 is 1.15 bits per heavy atom. The number of aliphatic hydroxyl groups excluding tert-OH is 1. The normalized spacial score (nSPS) is 15.7. The van der Waals surface area contributed by atoms with E-state index in [4.69, 9.17) is 21.3 Å². The summed E-state index contributed by atoms with van der Waals surface area (Å²) in [6.45, 7) is 3.62. The highest BCUT2D eigenvalue weighted by Gasteiger charge is 2.20. The molecule has 1 aromatic carbocycles. The number of hydrogen-bond acceptors (Lipinski definition) is 8. The average Bonchev–Trinajstić information content (AvgIpc) is 3.39. The molecule has 214 valence electrons. The zero-order valence-corrected chi connectivity index (χ0v) is 23.7. The summed E-state index contributed by atoms with van der Waals surface area (Å²) in [5, 5.41) is 19.3. The first kappa shape index (κ1) is 28.7. The van der Waals surface area contributed by atoms with E-state index >= 15 is 0 Å². The van der Waals surface area contributed by atoms with Crippen molar-refractivity contribution in [3.8, 4) is 28.3 Å². The molecule has 11 heteroatoms. The van der Waals surface area contributed by atoms with Crippen molar-refractivity contribution in [2.24, 2.45) is 0 Å². The lowest BCUT2D eigenvalue weighted by molar-refractivity contribution is -0.119. The van der Waals surface area contributed by atoms with Crippen molar-refractivity contribution in [1.29, 1.82) is 0 Å². The minimum absolute atomic E-state index is 0.0973. The van der Waals surface area contributed by atoms with Crippen LogP contribution in [0.2, 0.25) is 5.02 Å². The number of pyridine rings is 2. The molecule has 0 saturated carbocycles. The van der Waals surface area contributed by atoms with Crippen LogP contribution in [0.15, 0.2) is 59.7 Å². The van der Waals surface area contributed by atoms with Crippen LogP contribution in [0.4, 0.5) is 0 Å². The molecule has 1 fully saturated rings. The van der Waals surface area contributed by atoms with Crippen molar-refractivity contribution < 1.29 is 14.6 Å². The highest BCUT2D eigenvalue weighted by molar-refractivity contribution is 6.36. The summed E-state index contributed by atoms with van der Waals surface area (Å²) in [6.07, 6.45) is 4.16. The van der Waals surface area contributed by atoms with Crippen molar-refractivity contribution in [2.75, 3.05) is 20.2 Å². The third-order valence-corrected chi connectivity index (χ3v) is 7.45. The maximum atomic E-state index is 12.9. The quantitative estimate of drug-likeness (QED) is 0.214. The largest absolute Gasteiger partial charge is 0.481 e. The molecule has 0 bridgehead atoms. The lowest BCUT2D eigenvalue weighted by Crippen LogP contribution is -2.35. The predicted molar refractivity (Wildman–Crippen MR) is 158 cm³/mol. The van der Waals surface area contributed by atoms with Crippen molar-refractivity contribution in [2.45, 2.75) is 45.0 Å². The van der Waals surface area contributed by atoms with Gasteiger partial charge in [0.05, 0.1) is 23.9 Å². The summed E-state index contributed by atoms with van der Waals surface area (Å²) >= 11 is 6.93. The molecule has 2 atom stereocenters. The van der Waals surface area contributed by atoms with Gasteiger partial charge in [0, 0.05) is 73.3 Å². The molecule has 4 heterocycles. The van der Waals surface area contributed by atoms with E-state index < -0.39 is 6.10 Å². The standard InChI is InChI=1S/C30H33ClN6O4/c1-18(38)13-32-15-21-16-34-26-12-19(10-11-37(26)30(21)40)23-4-3-5-24(28(23)31)25-8-6-20(29(36-25)41-2)14-33-17-22-7-9-27(39)35-22/h3-6,8,10-12,16,18,22,32-33,38H,7,9,13-15,17H2,1-2H3,(H,35,39)/t18?,22-/m0/s1. The van der Waals surface area contributed by atoms with Crippen LogP contribution < -0.4 is 26.2 Å². The van der Waals surface area contributed by atoms with E-state index in [-0.39, 0.29) is 17.5 Å². The van der Waals surface area contributed by atoms with Crippen molar-refractivity contribution in [3.05, 3.63) is 81.4 Å². The Morgan fingerprint density at radius 3 is 2.71 bits per heavy atom. The first-order chi connectivity index (χ1) is 19.8. The number of fused-ring (bicyclic) bond motifs is 1. The Balaban J connectivity index is 1.36. The third-order valence-electron chi connectivity index (χ3n) is 7.05. The van der Waals surface area contributed by atoms with Crippen LogP contribution in [-0.4, -0.2) is 57.7 Å². The second-order valence-corrected chi connectivity index (χ2v) is 10.6. The van der Waals surface area contributed by atoms with Crippen molar-refractivity contribution in [3.63, 3.8) is 0 Å². The number of hydrogen-bond donors (Lipinski definition) is 4. The van der Waals surface area contributed by atoms with Gasteiger partial charge in [-0.2, -0.15) is 0 Å². The average molecular weight is 577 g/mol. The monoisotopic (exact) mass is 576 g/mol. The lowest BCUT2D eigenvalue weighted by atomic mass is 10.0. The molecule has 5 rings (SSSR count). The fourth-order valence-corrected chi connectivity index (χ4v) is 5.24. The number of ether oxygens (including phenoxy) is 1. The van der Waals surface area contributed by atoms with E-state index in [9.17, 15) is 14.7 Å². The minimum atomic E-state index is -0.501. The highest BCUT2D eigenvalue weighted by atomic mass is 35.5. The summed E-state index contributed by atoms with van der Waals surface area (Å²) in [5.41, 5.74) is 4.77. The Kier molecular flexibility index (Phi) is 8.94. The molecule has 4 N–H and O–H groups in total. The van der Waals surface area contributed by atoms with E-state index in [0.717, 1.165) is 28.7 Å². The van der Waals surface area contributed by atoms with E-state index in [1.54, 1.807) is 26.4 Å². The van der Waals surface area contributed by atoms with Gasteiger partial charge in [-0.05, 0) is 37.1 Å². The molecule has 1 unspecified atom stereocenters. The van der Waals surface area contributed by atoms with Gasteiger partial charge in [0.15, 0.2) is 0 Å². The first-order valence-electron chi connectivity index (χ1n) is 13.6. The third kappa shape index (κ3) is 6.57. The number of aromatic nitrogens is 3. The van der Waals surface area contributed by atoms with Crippen LogP contribution in [0.3, 0.4) is 0 Å². The van der Waals surface area contributed by atoms with Gasteiger partial charge in [-0.25, -0.2) is 9.97 Å². The minimum Gasteiger partial charge on any atom is -0.481 e. The van der Waals surface area contributed by atoms with Crippen LogP contribution in [0.5, 0.6) is 5.88 Å². The molecule has 0 aliphatic carbocycles. The molecule has 4 aromatic rings. The number of amides is 1. The summed E-state index contributed by atoms with van der Waals surface area (Å²) < 4.78 is 7.09. The Bertz CT molecular complexity index is 1620. The lowest BCUT2D eigenvalue weighted by Gasteiger charge is -2.15. The predicted octanol–water partition coefficient (Wildman–Crippen LogP) is 2.92. The number of rotatable bonds is 11. The van der Waals surface area contributed by atoms with Crippen LogP contribution >= 0.6 is 11.6 Å². The van der Waals surface area contributed by atoms with Gasteiger partial charge in [-0.3, -0.25) is 14.0 Å². The van der Waals surface area contributed by atoms with Crippen LogP contribution in [0.25, 0.3) is 28.0 Å². The molecule has 1 amide bonds. The number of carbonyl (C=O) groups excluding carboxylic acids is 1. The second-order valence-electron chi connectivity index (χ2n) is 10.2. The van der Waals surface area contributed by atoms with E-state index in [2.05, 4.69) is 20.9 Å². The number of halogens is 1. The van der Waals surface area contributed by atoms with Crippen molar-refractivity contribution >= 4 is 23.2 Å². The SMILES string of the molecule is COc1nc(-c2cccc(-c3ccn4c(=O)c(CNCC(C)O)cnc4c3)c2Cl)ccc1CNC[C@@H]1CCC(=O)N1. The Labute approximate surface area is 242 Å². The molecule has 3 aromatic heterocycles. The van der Waals surface area contributed by atoms with Crippen LogP contribution in [0, 0.1) is 0 Å². The van der Waals surface area contributed by atoms with E-state index in [1.165, 1.54) is 4.40 Å². The smallest absolute Gasteiger partial charge is 0.262 e. The molecule has 0 spiro atoms. The van der Waals surface area contributed by atoms with Gasteiger partial charge in [0.25, 0.3) is 5.56 Å². The number of aliphatic hydroxyl groups is 1. The zero-order valence-electron chi connectivity index (χ0n) is 23.0. The van der Waals surface area contributed by atoms with E-state index in [0.29, 0.717) is 60.4 Å². The second kappa shape index (κ2) is 12.8. The number of nitrogens with one attached hydrogen (secondary N) is 3. The summed E-state index contributed by atoms with van der Waals surface area (Å²) in [7, 11) is 1.59. The van der Waals surface area contributed by atoms with Crippen LogP contribution in [-0.2, 0) is 17.9 Å². The van der Waals surface area contributed by atoms with Gasteiger partial charge in [0.1, 0.15) is 5.65 Å². The first-order valence-corrected chi connectivity index (χ1v) is 13.9.